The summed E-state index contributed by atoms with van der Waals surface area (Å²) in [6.45, 7) is 0.483. The molecule has 0 aliphatic carbocycles. The Bertz CT molecular complexity index is 612. The third kappa shape index (κ3) is 3.65. The van der Waals surface area contributed by atoms with E-state index >= 15 is 0 Å². The Hall–Kier alpha value is -2.69. The smallest absolute Gasteiger partial charge is 0.251 e. The van der Waals surface area contributed by atoms with Crippen molar-refractivity contribution in [2.45, 2.75) is 6.42 Å². The van der Waals surface area contributed by atoms with Gasteiger partial charge in [0.1, 0.15) is 0 Å². The molecule has 20 heavy (non-hydrogen) atoms. The van der Waals surface area contributed by atoms with E-state index < -0.39 is 5.91 Å². The number of hydrogen-bond donors (Lipinski definition) is 2. The standard InChI is InChI=1S/C15H15N3O2/c16-14(19)11-4-3-5-12(10-11)15(20)18-9-7-13-6-1-2-8-17-13/h1-6,8,10H,7,9H2,(H2,16,19)(H,18,20). The first-order valence-corrected chi connectivity index (χ1v) is 6.25. The fraction of sp³-hybridized carbons (Fsp3) is 0.133. The Morgan fingerprint density at radius 2 is 1.90 bits per heavy atom. The minimum absolute atomic E-state index is 0.232. The first-order valence-electron chi connectivity index (χ1n) is 6.25. The van der Waals surface area contributed by atoms with Crippen molar-refractivity contribution in [1.82, 2.24) is 10.3 Å². The SMILES string of the molecule is NC(=O)c1cccc(C(=O)NCCc2ccccn2)c1. The third-order valence-corrected chi connectivity index (χ3v) is 2.80. The van der Waals surface area contributed by atoms with E-state index in [0.717, 1.165) is 5.69 Å². The molecule has 0 fully saturated rings. The zero-order valence-corrected chi connectivity index (χ0v) is 10.9. The highest BCUT2D eigenvalue weighted by Gasteiger charge is 2.08. The number of carbonyl (C=O) groups is 2. The number of aromatic nitrogens is 1. The van der Waals surface area contributed by atoms with Gasteiger partial charge in [-0.3, -0.25) is 14.6 Å². The predicted molar refractivity (Wildman–Crippen MR) is 75.2 cm³/mol. The van der Waals surface area contributed by atoms with E-state index in [0.29, 0.717) is 24.1 Å². The Morgan fingerprint density at radius 3 is 2.60 bits per heavy atom. The summed E-state index contributed by atoms with van der Waals surface area (Å²) >= 11 is 0. The first kappa shape index (κ1) is 13.7. The first-order chi connectivity index (χ1) is 9.66. The van der Waals surface area contributed by atoms with Gasteiger partial charge in [-0.1, -0.05) is 12.1 Å². The van der Waals surface area contributed by atoms with Gasteiger partial charge in [0.2, 0.25) is 5.91 Å². The largest absolute Gasteiger partial charge is 0.366 e. The van der Waals surface area contributed by atoms with Crippen LogP contribution in [0.25, 0.3) is 0 Å². The van der Waals surface area contributed by atoms with Crippen molar-refractivity contribution < 1.29 is 9.59 Å². The summed E-state index contributed by atoms with van der Waals surface area (Å²) in [5, 5.41) is 2.78. The predicted octanol–water partition coefficient (Wildman–Crippen LogP) is 1.15. The summed E-state index contributed by atoms with van der Waals surface area (Å²) in [4.78, 5) is 27.2. The van der Waals surface area contributed by atoms with E-state index in [9.17, 15) is 9.59 Å². The van der Waals surface area contributed by atoms with Gasteiger partial charge in [-0.25, -0.2) is 0 Å². The quantitative estimate of drug-likeness (QED) is 0.854. The fourth-order valence-corrected chi connectivity index (χ4v) is 1.77. The van der Waals surface area contributed by atoms with Crippen LogP contribution in [-0.2, 0) is 6.42 Å². The van der Waals surface area contributed by atoms with Crippen LogP contribution in [0.1, 0.15) is 26.4 Å². The molecule has 0 aliphatic heterocycles. The van der Waals surface area contributed by atoms with Crippen molar-refractivity contribution in [3.8, 4) is 0 Å². The minimum Gasteiger partial charge on any atom is -0.366 e. The molecule has 1 aromatic heterocycles. The molecule has 0 saturated heterocycles. The van der Waals surface area contributed by atoms with Gasteiger partial charge < -0.3 is 11.1 Å². The second-order valence-corrected chi connectivity index (χ2v) is 4.27. The van der Waals surface area contributed by atoms with E-state index in [-0.39, 0.29) is 5.91 Å². The number of rotatable bonds is 5. The summed E-state index contributed by atoms with van der Waals surface area (Å²) < 4.78 is 0. The van der Waals surface area contributed by atoms with E-state index in [1.807, 2.05) is 18.2 Å². The average molecular weight is 269 g/mol. The van der Waals surface area contributed by atoms with Crippen molar-refractivity contribution in [3.05, 3.63) is 65.5 Å². The molecular weight excluding hydrogens is 254 g/mol. The number of nitrogens with two attached hydrogens (primary N) is 1. The Balaban J connectivity index is 1.92. The number of amides is 2. The van der Waals surface area contributed by atoms with Crippen LogP contribution in [-0.4, -0.2) is 23.3 Å². The van der Waals surface area contributed by atoms with Gasteiger partial charge in [0.15, 0.2) is 0 Å². The molecule has 0 bridgehead atoms. The Labute approximate surface area is 116 Å². The van der Waals surface area contributed by atoms with Crippen LogP contribution >= 0.6 is 0 Å². The molecule has 5 heteroatoms. The Kier molecular flexibility index (Phi) is 4.44. The van der Waals surface area contributed by atoms with Gasteiger partial charge in [-0.2, -0.15) is 0 Å². The normalized spacial score (nSPS) is 10.0. The van der Waals surface area contributed by atoms with Crippen molar-refractivity contribution >= 4 is 11.8 Å². The van der Waals surface area contributed by atoms with E-state index in [4.69, 9.17) is 5.73 Å². The van der Waals surface area contributed by atoms with Crippen LogP contribution in [0.3, 0.4) is 0 Å². The van der Waals surface area contributed by atoms with Crippen molar-refractivity contribution in [3.63, 3.8) is 0 Å². The van der Waals surface area contributed by atoms with Crippen molar-refractivity contribution in [1.29, 1.82) is 0 Å². The third-order valence-electron chi connectivity index (χ3n) is 2.80. The van der Waals surface area contributed by atoms with Crippen molar-refractivity contribution in [2.24, 2.45) is 5.73 Å². The molecule has 0 saturated carbocycles. The molecule has 2 aromatic rings. The lowest BCUT2D eigenvalue weighted by Gasteiger charge is -2.05. The van der Waals surface area contributed by atoms with Gasteiger partial charge in [-0.05, 0) is 30.3 Å². The van der Waals surface area contributed by atoms with Gasteiger partial charge >= 0.3 is 0 Å². The summed E-state index contributed by atoms with van der Waals surface area (Å²) in [7, 11) is 0. The monoisotopic (exact) mass is 269 g/mol. The molecule has 1 heterocycles. The minimum atomic E-state index is -0.548. The Morgan fingerprint density at radius 1 is 1.10 bits per heavy atom. The second-order valence-electron chi connectivity index (χ2n) is 4.27. The number of nitrogens with zero attached hydrogens (tertiary/aromatic N) is 1. The molecule has 0 unspecified atom stereocenters. The molecule has 0 radical (unpaired) electrons. The van der Waals surface area contributed by atoms with E-state index in [2.05, 4.69) is 10.3 Å². The fourth-order valence-electron chi connectivity index (χ4n) is 1.77. The lowest BCUT2D eigenvalue weighted by molar-refractivity contribution is 0.0954. The van der Waals surface area contributed by atoms with Crippen LogP contribution in [0.4, 0.5) is 0 Å². The summed E-state index contributed by atoms with van der Waals surface area (Å²) in [6.07, 6.45) is 2.37. The summed E-state index contributed by atoms with van der Waals surface area (Å²) in [5.74, 6) is -0.780. The maximum absolute atomic E-state index is 11.9. The van der Waals surface area contributed by atoms with Gasteiger partial charge in [0.05, 0.1) is 0 Å². The number of primary amides is 1. The topological polar surface area (TPSA) is 85.1 Å². The second kappa shape index (κ2) is 6.47. The zero-order valence-electron chi connectivity index (χ0n) is 10.9. The van der Waals surface area contributed by atoms with Gasteiger partial charge in [0, 0.05) is 36.0 Å². The molecule has 0 atom stereocenters. The number of carbonyl (C=O) groups excluding carboxylic acids is 2. The highest BCUT2D eigenvalue weighted by Crippen LogP contribution is 2.04. The molecular formula is C15H15N3O2. The summed E-state index contributed by atoms with van der Waals surface area (Å²) in [6, 6.07) is 12.0. The highest BCUT2D eigenvalue weighted by atomic mass is 16.2. The zero-order chi connectivity index (χ0) is 14.4. The van der Waals surface area contributed by atoms with Crippen LogP contribution in [0.2, 0.25) is 0 Å². The molecule has 3 N–H and O–H groups in total. The molecule has 0 spiro atoms. The van der Waals surface area contributed by atoms with Crippen molar-refractivity contribution in [2.75, 3.05) is 6.54 Å². The van der Waals surface area contributed by atoms with Crippen LogP contribution in [0.5, 0.6) is 0 Å². The van der Waals surface area contributed by atoms with Crippen LogP contribution in [0.15, 0.2) is 48.7 Å². The molecule has 102 valence electrons. The lowest BCUT2D eigenvalue weighted by atomic mass is 10.1. The molecule has 1 aromatic carbocycles. The maximum atomic E-state index is 11.9. The highest BCUT2D eigenvalue weighted by molar-refractivity contribution is 5.99. The molecule has 2 amide bonds. The van der Waals surface area contributed by atoms with E-state index in [1.54, 1.807) is 24.4 Å². The van der Waals surface area contributed by atoms with Gasteiger partial charge in [-0.15, -0.1) is 0 Å². The summed E-state index contributed by atoms with van der Waals surface area (Å²) in [5.41, 5.74) is 6.84. The lowest BCUT2D eigenvalue weighted by Crippen LogP contribution is -2.26. The molecule has 2 rings (SSSR count). The van der Waals surface area contributed by atoms with E-state index in [1.165, 1.54) is 6.07 Å². The van der Waals surface area contributed by atoms with Crippen LogP contribution < -0.4 is 11.1 Å². The number of benzene rings is 1. The number of hydrogen-bond acceptors (Lipinski definition) is 3. The molecule has 5 nitrogen and oxygen atoms in total. The van der Waals surface area contributed by atoms with Gasteiger partial charge in [0.25, 0.3) is 5.91 Å². The number of pyridine rings is 1. The average Bonchev–Trinajstić information content (AvgIpc) is 2.48. The van der Waals surface area contributed by atoms with Crippen LogP contribution in [0, 0.1) is 0 Å². The maximum Gasteiger partial charge on any atom is 0.251 e. The molecule has 0 aliphatic rings. The number of nitrogens with one attached hydrogen (secondary N) is 1.